The molecule has 124 valence electrons. The topological polar surface area (TPSA) is 46.3 Å². The first kappa shape index (κ1) is 16.9. The van der Waals surface area contributed by atoms with Crippen LogP contribution in [0.4, 0.5) is 0 Å². The van der Waals surface area contributed by atoms with Crippen molar-refractivity contribution in [1.29, 1.82) is 0 Å². The number of carbonyl (C=O) groups excluding carboxylic acids is 1. The first-order valence-electron chi connectivity index (χ1n) is 7.86. The third kappa shape index (κ3) is 4.77. The minimum absolute atomic E-state index is 0.380. The zero-order chi connectivity index (χ0) is 16.8. The Labute approximate surface area is 150 Å². The second-order valence-electron chi connectivity index (χ2n) is 5.68. The van der Waals surface area contributed by atoms with E-state index in [1.54, 1.807) is 23.5 Å². The highest BCUT2D eigenvalue weighted by molar-refractivity contribution is 7.10. The molecule has 2 aromatic heterocycles. The van der Waals surface area contributed by atoms with Gasteiger partial charge in [-0.2, -0.15) is 0 Å². The van der Waals surface area contributed by atoms with E-state index < -0.39 is 0 Å². The molecule has 5 heteroatoms. The number of nitrogens with zero attached hydrogens (tertiary/aromatic N) is 1. The van der Waals surface area contributed by atoms with Gasteiger partial charge in [0.1, 0.15) is 0 Å². The highest BCUT2D eigenvalue weighted by Gasteiger charge is 2.09. The van der Waals surface area contributed by atoms with Crippen LogP contribution in [-0.4, -0.2) is 17.4 Å². The number of benzene rings is 1. The van der Waals surface area contributed by atoms with Crippen molar-refractivity contribution in [3.63, 3.8) is 0 Å². The zero-order valence-electron chi connectivity index (χ0n) is 13.4. The Morgan fingerprint density at radius 3 is 2.17 bits per heavy atom. The van der Waals surface area contributed by atoms with Crippen molar-refractivity contribution in [3.8, 4) is 0 Å². The maximum Gasteiger partial charge on any atom is 0.248 e. The second-order valence-corrected chi connectivity index (χ2v) is 7.75. The highest BCUT2D eigenvalue weighted by atomic mass is 32.1. The fourth-order valence-electron chi connectivity index (χ4n) is 2.59. The van der Waals surface area contributed by atoms with Gasteiger partial charge < -0.3 is 5.73 Å². The Hall–Kier alpha value is -1.95. The molecular weight excluding hydrogens is 336 g/mol. The molecule has 24 heavy (non-hydrogen) atoms. The third-order valence-corrected chi connectivity index (χ3v) is 5.66. The number of thiophene rings is 2. The van der Waals surface area contributed by atoms with E-state index in [0.29, 0.717) is 5.56 Å². The monoisotopic (exact) mass is 356 g/mol. The number of hydrogen-bond acceptors (Lipinski definition) is 4. The first-order valence-corrected chi connectivity index (χ1v) is 9.62. The van der Waals surface area contributed by atoms with Crippen LogP contribution >= 0.6 is 22.7 Å². The summed E-state index contributed by atoms with van der Waals surface area (Å²) < 4.78 is 0. The SMILES string of the molecule is NC(=O)c1ccc(CN(CCc2cccs2)Cc2cccs2)cc1. The second kappa shape index (κ2) is 8.24. The van der Waals surface area contributed by atoms with Crippen molar-refractivity contribution < 1.29 is 4.79 Å². The molecule has 2 N–H and O–H groups in total. The van der Waals surface area contributed by atoms with E-state index in [0.717, 1.165) is 26.1 Å². The van der Waals surface area contributed by atoms with Gasteiger partial charge in [-0.15, -0.1) is 22.7 Å². The molecule has 0 aliphatic heterocycles. The molecule has 3 rings (SSSR count). The fraction of sp³-hybridized carbons (Fsp3) is 0.211. The Morgan fingerprint density at radius 2 is 1.58 bits per heavy atom. The van der Waals surface area contributed by atoms with Crippen molar-refractivity contribution in [1.82, 2.24) is 4.90 Å². The molecule has 3 aromatic rings. The van der Waals surface area contributed by atoms with Gasteiger partial charge in [0.05, 0.1) is 0 Å². The predicted octanol–water partition coefficient (Wildman–Crippen LogP) is 4.15. The van der Waals surface area contributed by atoms with E-state index in [1.165, 1.54) is 15.3 Å². The largest absolute Gasteiger partial charge is 0.366 e. The highest BCUT2D eigenvalue weighted by Crippen LogP contribution is 2.17. The van der Waals surface area contributed by atoms with Gasteiger partial charge in [-0.05, 0) is 47.0 Å². The lowest BCUT2D eigenvalue weighted by Crippen LogP contribution is -2.24. The molecular formula is C19H20N2OS2. The molecule has 0 bridgehead atoms. The molecule has 0 unspecified atom stereocenters. The molecule has 0 radical (unpaired) electrons. The lowest BCUT2D eigenvalue weighted by Gasteiger charge is -2.21. The fourth-order valence-corrected chi connectivity index (χ4v) is 4.04. The smallest absolute Gasteiger partial charge is 0.248 e. The van der Waals surface area contributed by atoms with Crippen LogP contribution in [0.15, 0.2) is 59.3 Å². The van der Waals surface area contributed by atoms with Gasteiger partial charge in [-0.1, -0.05) is 24.3 Å². The number of amides is 1. The number of hydrogen-bond donors (Lipinski definition) is 1. The van der Waals surface area contributed by atoms with Crippen molar-refractivity contribution in [2.75, 3.05) is 6.54 Å². The lowest BCUT2D eigenvalue weighted by molar-refractivity contribution is 0.100. The van der Waals surface area contributed by atoms with Crippen molar-refractivity contribution in [2.24, 2.45) is 5.73 Å². The molecule has 0 saturated carbocycles. The van der Waals surface area contributed by atoms with E-state index >= 15 is 0 Å². The molecule has 0 spiro atoms. The third-order valence-electron chi connectivity index (χ3n) is 3.86. The van der Waals surface area contributed by atoms with E-state index in [1.807, 2.05) is 23.5 Å². The summed E-state index contributed by atoms with van der Waals surface area (Å²) in [4.78, 5) is 16.4. The van der Waals surface area contributed by atoms with E-state index in [-0.39, 0.29) is 5.91 Å². The van der Waals surface area contributed by atoms with Gasteiger partial charge >= 0.3 is 0 Å². The van der Waals surface area contributed by atoms with Crippen molar-refractivity contribution >= 4 is 28.6 Å². The van der Waals surface area contributed by atoms with Crippen LogP contribution in [0, 0.1) is 0 Å². The molecule has 0 atom stereocenters. The molecule has 0 saturated heterocycles. The summed E-state index contributed by atoms with van der Waals surface area (Å²) in [5.74, 6) is -0.380. The average molecular weight is 357 g/mol. The van der Waals surface area contributed by atoms with Gasteiger partial charge in [0.25, 0.3) is 0 Å². The molecule has 0 aliphatic rings. The van der Waals surface area contributed by atoms with E-state index in [2.05, 4.69) is 39.9 Å². The summed E-state index contributed by atoms with van der Waals surface area (Å²) in [6.07, 6.45) is 1.06. The van der Waals surface area contributed by atoms with Gasteiger partial charge in [0.2, 0.25) is 5.91 Å². The van der Waals surface area contributed by atoms with Crippen LogP contribution in [0.2, 0.25) is 0 Å². The Kier molecular flexibility index (Phi) is 5.80. The number of nitrogens with two attached hydrogens (primary N) is 1. The zero-order valence-corrected chi connectivity index (χ0v) is 15.0. The van der Waals surface area contributed by atoms with Gasteiger partial charge in [-0.3, -0.25) is 9.69 Å². The van der Waals surface area contributed by atoms with Crippen molar-refractivity contribution in [2.45, 2.75) is 19.5 Å². The van der Waals surface area contributed by atoms with Crippen LogP contribution in [0.25, 0.3) is 0 Å². The minimum atomic E-state index is -0.380. The summed E-state index contributed by atoms with van der Waals surface area (Å²) in [6, 6.07) is 16.2. The van der Waals surface area contributed by atoms with Crippen LogP contribution in [-0.2, 0) is 19.5 Å². The molecule has 0 fully saturated rings. The summed E-state index contributed by atoms with van der Waals surface area (Å²) in [5, 5.41) is 4.25. The predicted molar refractivity (Wildman–Crippen MR) is 101 cm³/mol. The molecule has 0 aliphatic carbocycles. The first-order chi connectivity index (χ1) is 11.7. The van der Waals surface area contributed by atoms with Crippen LogP contribution in [0.5, 0.6) is 0 Å². The standard InChI is InChI=1S/C19H20N2OS2/c20-19(22)16-7-5-15(6-8-16)13-21(14-18-4-2-12-24-18)10-9-17-3-1-11-23-17/h1-8,11-12H,9-10,13-14H2,(H2,20,22). The van der Waals surface area contributed by atoms with E-state index in [9.17, 15) is 4.79 Å². The number of rotatable bonds is 8. The minimum Gasteiger partial charge on any atom is -0.366 e. The molecule has 1 amide bonds. The van der Waals surface area contributed by atoms with Gasteiger partial charge in [0, 0.05) is 35.0 Å². The molecule has 1 aromatic carbocycles. The van der Waals surface area contributed by atoms with Crippen molar-refractivity contribution in [3.05, 3.63) is 80.2 Å². The molecule has 3 nitrogen and oxygen atoms in total. The van der Waals surface area contributed by atoms with E-state index in [4.69, 9.17) is 5.73 Å². The Bertz CT molecular complexity index is 749. The summed E-state index contributed by atoms with van der Waals surface area (Å²) >= 11 is 3.60. The van der Waals surface area contributed by atoms with Crippen LogP contribution < -0.4 is 5.73 Å². The number of carbonyl (C=O) groups is 1. The maximum absolute atomic E-state index is 11.2. The normalized spacial score (nSPS) is 11.0. The summed E-state index contributed by atoms with van der Waals surface area (Å²) in [6.45, 7) is 2.82. The summed E-state index contributed by atoms with van der Waals surface area (Å²) in [7, 11) is 0. The Balaban J connectivity index is 1.67. The van der Waals surface area contributed by atoms with Gasteiger partial charge in [-0.25, -0.2) is 0 Å². The summed E-state index contributed by atoms with van der Waals surface area (Å²) in [5.41, 5.74) is 7.07. The lowest BCUT2D eigenvalue weighted by atomic mass is 10.1. The molecule has 2 heterocycles. The quantitative estimate of drug-likeness (QED) is 0.659. The van der Waals surface area contributed by atoms with Crippen LogP contribution in [0.1, 0.15) is 25.7 Å². The maximum atomic E-state index is 11.2. The van der Waals surface area contributed by atoms with Gasteiger partial charge in [0.15, 0.2) is 0 Å². The average Bonchev–Trinajstić information content (AvgIpc) is 3.27. The Morgan fingerprint density at radius 1 is 0.917 bits per heavy atom. The van der Waals surface area contributed by atoms with Crippen LogP contribution in [0.3, 0.4) is 0 Å². The number of primary amides is 1.